The van der Waals surface area contributed by atoms with E-state index in [-0.39, 0.29) is 10.6 Å². The second kappa shape index (κ2) is 11.9. The number of hydrogen-bond donors (Lipinski definition) is 0. The molecule has 0 aliphatic carbocycles. The molecule has 0 saturated carbocycles. The van der Waals surface area contributed by atoms with Gasteiger partial charge in [-0.05, 0) is 35.7 Å². The Morgan fingerprint density at radius 2 is 0.946 bits per heavy atom. The van der Waals surface area contributed by atoms with E-state index in [4.69, 9.17) is 8.95 Å². The molecule has 4 rings (SSSR count). The molecular formula is C33H39O2PSi. The molecule has 0 saturated heterocycles. The van der Waals surface area contributed by atoms with Gasteiger partial charge in [0, 0.05) is 17.2 Å². The fraction of sp³-hybridized carbons (Fsp3) is 0.273. The molecule has 37 heavy (non-hydrogen) atoms. The Labute approximate surface area is 225 Å². The second-order valence-electron chi connectivity index (χ2n) is 11.1. The predicted molar refractivity (Wildman–Crippen MR) is 162 cm³/mol. The van der Waals surface area contributed by atoms with Gasteiger partial charge >= 0.3 is 0 Å². The van der Waals surface area contributed by atoms with E-state index in [0.29, 0.717) is 6.61 Å². The van der Waals surface area contributed by atoms with Gasteiger partial charge in [0.25, 0.3) is 8.32 Å². The highest BCUT2D eigenvalue weighted by Gasteiger charge is 2.50. The van der Waals surface area contributed by atoms with Crippen LogP contribution in [0.4, 0.5) is 0 Å². The largest absolute Gasteiger partial charge is 0.407 e. The Morgan fingerprint density at radius 3 is 1.32 bits per heavy atom. The predicted octanol–water partition coefficient (Wildman–Crippen LogP) is 6.80. The summed E-state index contributed by atoms with van der Waals surface area (Å²) in [5.41, 5.74) is -0.358. The molecule has 192 valence electrons. The third kappa shape index (κ3) is 6.48. The van der Waals surface area contributed by atoms with Crippen molar-refractivity contribution in [2.45, 2.75) is 51.7 Å². The Morgan fingerprint density at radius 1 is 0.568 bits per heavy atom. The molecule has 0 N–H and O–H groups in total. The molecule has 0 aliphatic rings. The van der Waals surface area contributed by atoms with Crippen molar-refractivity contribution < 1.29 is 8.95 Å². The summed E-state index contributed by atoms with van der Waals surface area (Å²) in [6.07, 6.45) is 0.802. The standard InChI is InChI=1S/C33H39O2PSi/c1-32(2,3)37(30-22-14-8-15-23-30,31-24-16-9-17-25-31)34-27-26-33(4,5)35-36(28-18-10-6-11-19-28)29-20-12-7-13-21-29/h6-25H,26-27H2,1-5H3. The van der Waals surface area contributed by atoms with Crippen LogP contribution in [-0.4, -0.2) is 20.5 Å². The van der Waals surface area contributed by atoms with E-state index in [1.54, 1.807) is 0 Å². The molecular weight excluding hydrogens is 487 g/mol. The van der Waals surface area contributed by atoms with Crippen LogP contribution >= 0.6 is 8.15 Å². The summed E-state index contributed by atoms with van der Waals surface area (Å²) in [5, 5.41) is 5.03. The molecule has 0 aliphatic heterocycles. The van der Waals surface area contributed by atoms with Crippen molar-refractivity contribution in [3.8, 4) is 0 Å². The molecule has 0 amide bonds. The van der Waals surface area contributed by atoms with Gasteiger partial charge in [0.05, 0.1) is 13.7 Å². The molecule has 0 unspecified atom stereocenters. The average Bonchev–Trinajstić information content (AvgIpc) is 2.91. The van der Waals surface area contributed by atoms with Gasteiger partial charge < -0.3 is 8.95 Å². The minimum absolute atomic E-state index is 0.0403. The summed E-state index contributed by atoms with van der Waals surface area (Å²) in [5.74, 6) is 0. The molecule has 4 aromatic rings. The lowest BCUT2D eigenvalue weighted by Gasteiger charge is -2.43. The van der Waals surface area contributed by atoms with Crippen LogP contribution in [0.3, 0.4) is 0 Å². The highest BCUT2D eigenvalue weighted by atomic mass is 31.1. The highest BCUT2D eigenvalue weighted by molar-refractivity contribution is 7.68. The Bertz CT molecular complexity index is 1140. The monoisotopic (exact) mass is 526 g/mol. The molecule has 0 bridgehead atoms. The van der Waals surface area contributed by atoms with Crippen LogP contribution in [-0.2, 0) is 8.95 Å². The topological polar surface area (TPSA) is 18.5 Å². The molecule has 0 atom stereocenters. The van der Waals surface area contributed by atoms with E-state index in [1.165, 1.54) is 21.0 Å². The summed E-state index contributed by atoms with van der Waals surface area (Å²) in [4.78, 5) is 0. The van der Waals surface area contributed by atoms with Gasteiger partial charge in [0.1, 0.15) is 0 Å². The summed E-state index contributed by atoms with van der Waals surface area (Å²) in [6.45, 7) is 12.0. The first-order valence-electron chi connectivity index (χ1n) is 13.1. The second-order valence-corrected chi connectivity index (χ2v) is 17.2. The molecule has 0 heterocycles. The molecule has 4 heteroatoms. The lowest BCUT2D eigenvalue weighted by molar-refractivity contribution is 0.0963. The quantitative estimate of drug-likeness (QED) is 0.167. The number of benzene rings is 4. The Kier molecular flexibility index (Phi) is 8.82. The minimum Gasteiger partial charge on any atom is -0.407 e. The van der Waals surface area contributed by atoms with Crippen LogP contribution in [0.1, 0.15) is 41.0 Å². The Balaban J connectivity index is 1.60. The van der Waals surface area contributed by atoms with E-state index in [2.05, 4.69) is 156 Å². The van der Waals surface area contributed by atoms with Crippen LogP contribution in [0, 0.1) is 0 Å². The molecule has 0 radical (unpaired) electrons. The van der Waals surface area contributed by atoms with E-state index >= 15 is 0 Å². The molecule has 0 fully saturated rings. The third-order valence-corrected chi connectivity index (χ3v) is 14.0. The van der Waals surface area contributed by atoms with E-state index in [9.17, 15) is 0 Å². The van der Waals surface area contributed by atoms with Gasteiger partial charge in [-0.3, -0.25) is 0 Å². The van der Waals surface area contributed by atoms with Crippen molar-refractivity contribution in [3.63, 3.8) is 0 Å². The summed E-state index contributed by atoms with van der Waals surface area (Å²) >= 11 is 0. The van der Waals surface area contributed by atoms with Gasteiger partial charge in [-0.15, -0.1) is 0 Å². The van der Waals surface area contributed by atoms with Crippen LogP contribution in [0.5, 0.6) is 0 Å². The van der Waals surface area contributed by atoms with Crippen LogP contribution < -0.4 is 21.0 Å². The normalized spacial score (nSPS) is 12.6. The third-order valence-electron chi connectivity index (χ3n) is 6.76. The van der Waals surface area contributed by atoms with Crippen LogP contribution in [0.2, 0.25) is 5.04 Å². The lowest BCUT2D eigenvalue weighted by atomic mass is 10.1. The van der Waals surface area contributed by atoms with Gasteiger partial charge in [0.15, 0.2) is 0 Å². The number of rotatable bonds is 10. The zero-order chi connectivity index (χ0) is 26.4. The SMILES string of the molecule is CC(C)(CCO[Si](c1ccccc1)(c1ccccc1)C(C)(C)C)OP(c1ccccc1)c1ccccc1. The van der Waals surface area contributed by atoms with Crippen molar-refractivity contribution in [2.24, 2.45) is 0 Å². The zero-order valence-electron chi connectivity index (χ0n) is 22.7. The van der Waals surface area contributed by atoms with Gasteiger partial charge in [-0.25, -0.2) is 0 Å². The van der Waals surface area contributed by atoms with E-state index < -0.39 is 16.5 Å². The average molecular weight is 527 g/mol. The summed E-state index contributed by atoms with van der Waals surface area (Å²) in [6, 6.07) is 42.9. The number of hydrogen-bond acceptors (Lipinski definition) is 2. The van der Waals surface area contributed by atoms with E-state index in [1.807, 2.05) is 0 Å². The maximum Gasteiger partial charge on any atom is 0.261 e. The smallest absolute Gasteiger partial charge is 0.261 e. The summed E-state index contributed by atoms with van der Waals surface area (Å²) < 4.78 is 14.1. The van der Waals surface area contributed by atoms with Crippen molar-refractivity contribution in [1.82, 2.24) is 0 Å². The zero-order valence-corrected chi connectivity index (χ0v) is 24.6. The van der Waals surface area contributed by atoms with Gasteiger partial charge in [-0.1, -0.05) is 142 Å². The van der Waals surface area contributed by atoms with Crippen molar-refractivity contribution in [1.29, 1.82) is 0 Å². The van der Waals surface area contributed by atoms with Crippen molar-refractivity contribution >= 4 is 37.4 Å². The first kappa shape index (κ1) is 27.5. The maximum atomic E-state index is 7.16. The molecule has 0 aromatic heterocycles. The fourth-order valence-corrected chi connectivity index (χ4v) is 11.4. The van der Waals surface area contributed by atoms with Crippen molar-refractivity contribution in [2.75, 3.05) is 6.61 Å². The highest BCUT2D eigenvalue weighted by Crippen LogP contribution is 2.42. The molecule has 0 spiro atoms. The molecule has 4 aromatic carbocycles. The van der Waals surface area contributed by atoms with Gasteiger partial charge in [-0.2, -0.15) is 0 Å². The van der Waals surface area contributed by atoms with Crippen molar-refractivity contribution in [3.05, 3.63) is 121 Å². The summed E-state index contributed by atoms with van der Waals surface area (Å²) in [7, 11) is -3.51. The Hall–Kier alpha value is -2.55. The van der Waals surface area contributed by atoms with Crippen LogP contribution in [0.15, 0.2) is 121 Å². The first-order valence-corrected chi connectivity index (χ1v) is 16.2. The molecule has 2 nitrogen and oxygen atoms in total. The van der Waals surface area contributed by atoms with E-state index in [0.717, 1.165) is 6.42 Å². The first-order chi connectivity index (χ1) is 17.7. The lowest BCUT2D eigenvalue weighted by Crippen LogP contribution is -2.66. The minimum atomic E-state index is -2.57. The van der Waals surface area contributed by atoms with Gasteiger partial charge in [0.2, 0.25) is 0 Å². The maximum absolute atomic E-state index is 7.16. The fourth-order valence-electron chi connectivity index (χ4n) is 4.89. The van der Waals surface area contributed by atoms with Crippen LogP contribution in [0.25, 0.3) is 0 Å².